The Bertz CT molecular complexity index is 2930. The van der Waals surface area contributed by atoms with Gasteiger partial charge in [0, 0.05) is 51.5 Å². The topological polar surface area (TPSA) is 79.3 Å². The van der Waals surface area contributed by atoms with E-state index in [9.17, 15) is 10.2 Å². The monoisotopic (exact) mass is 1040 g/mol. The molecule has 1 aliphatic carbocycles. The van der Waals surface area contributed by atoms with Crippen LogP contribution >= 0.6 is 14.1 Å². The van der Waals surface area contributed by atoms with E-state index in [-0.39, 0.29) is 60.3 Å². The van der Waals surface area contributed by atoms with E-state index in [0.29, 0.717) is 11.3 Å². The molecule has 7 aromatic rings. The summed E-state index contributed by atoms with van der Waals surface area (Å²) in [7, 11) is -5.83. The molecule has 2 atom stereocenters. The predicted molar refractivity (Wildman–Crippen MR) is 313 cm³/mol. The molecule has 0 aliphatic heterocycles. The molecule has 1 aliphatic rings. The normalized spacial score (nSPS) is 15.5. The molecular weight excluding hydrogens is 964 g/mol. The molecule has 1 radical (unpaired) electrons. The number of phenolic OH excluding ortho intramolecular Hbond substituents is 2. The fourth-order valence-corrected chi connectivity index (χ4v) is 19.2. The van der Waals surface area contributed by atoms with Gasteiger partial charge in [0.1, 0.15) is 11.5 Å². The first-order valence-electron chi connectivity index (χ1n) is 24.6. The molecule has 0 spiro atoms. The van der Waals surface area contributed by atoms with Crippen molar-refractivity contribution >= 4 is 58.4 Å². The summed E-state index contributed by atoms with van der Waals surface area (Å²) in [6.07, 6.45) is 7.68. The number of rotatable bonds is 10. The van der Waals surface area contributed by atoms with Gasteiger partial charge in [0.2, 0.25) is 0 Å². The number of hydrogen-bond acceptors (Lipinski definition) is 4. The van der Waals surface area contributed by atoms with E-state index >= 15 is 0 Å². The number of phenols is 2. The van der Waals surface area contributed by atoms with Gasteiger partial charge in [0.25, 0.3) is 0 Å². The van der Waals surface area contributed by atoms with E-state index in [1.807, 2.05) is 12.4 Å². The third kappa shape index (κ3) is 12.0. The summed E-state index contributed by atoms with van der Waals surface area (Å²) in [5, 5.41) is 31.0. The van der Waals surface area contributed by atoms with Gasteiger partial charge in [0.05, 0.1) is 43.9 Å². The second kappa shape index (κ2) is 23.6. The van der Waals surface area contributed by atoms with Gasteiger partial charge in [-0.15, -0.1) is 4.17 Å². The average molecular weight is 1040 g/mol. The number of aromatic hydroxyl groups is 2. The van der Waals surface area contributed by atoms with Gasteiger partial charge in [-0.05, 0) is 114 Å². The molecule has 1 saturated carbocycles. The van der Waals surface area contributed by atoms with Crippen molar-refractivity contribution in [1.82, 2.24) is 4.17 Å². The largest absolute Gasteiger partial charge is 0.507 e. The molecule has 0 aromatic heterocycles. The fraction of sp³-hybridized carbons (Fsp3) is 0.297. The van der Waals surface area contributed by atoms with Crippen molar-refractivity contribution in [3.63, 3.8) is 0 Å². The number of nitrogens with zero attached hydrogens (tertiary/aromatic N) is 3. The summed E-state index contributed by atoms with van der Waals surface area (Å²) < 4.78 is 6.68. The van der Waals surface area contributed by atoms with Crippen molar-refractivity contribution in [3.05, 3.63) is 211 Å². The molecule has 5 nitrogen and oxygen atoms in total. The summed E-state index contributed by atoms with van der Waals surface area (Å²) in [6, 6.07) is 62.9. The molecule has 2 N–H and O–H groups in total. The van der Waals surface area contributed by atoms with E-state index in [1.165, 1.54) is 21.5 Å². The number of hydrogen-bond donors (Lipinski definition) is 2. The molecule has 8 heteroatoms. The van der Waals surface area contributed by atoms with Gasteiger partial charge >= 0.3 is 14.1 Å². The minimum Gasteiger partial charge on any atom is -0.507 e. The van der Waals surface area contributed by atoms with Crippen LogP contribution in [-0.2, 0) is 33.0 Å². The van der Waals surface area contributed by atoms with Crippen LogP contribution < -0.4 is 36.0 Å². The molecule has 1 fully saturated rings. The Hall–Kier alpha value is -5.44. The standard InChI is InChI=1S/C62H69N3O2P2.CH4.CH3.Co/c1-60(2,3)47-39-45(58(66)54(41-47)61(4,5)6)43-63-56-37-25-26-38-57(56)64-44-46-40-53(42-55(59(46)67)62(7,8)9)69(51-33-21-13-22-34-51,52-35-23-14-24-36-52)65-68(48-27-15-10-16-28-48,49-29-17-11-18-30-49)50-31-19-12-20-32-50;;;/h10-24,27-36,39-44,56-57H,25-26,37-38H2,1-9H3,(H,63,66);1H4;1H3;/q;;-1;/p+1. The Labute approximate surface area is 443 Å². The Morgan fingerprint density at radius 2 is 0.750 bits per heavy atom. The van der Waals surface area contributed by atoms with E-state index in [2.05, 4.69) is 238 Å². The summed E-state index contributed by atoms with van der Waals surface area (Å²) in [5.41, 5.74) is 3.59. The minimum absolute atomic E-state index is 0. The zero-order valence-corrected chi connectivity index (χ0v) is 46.2. The van der Waals surface area contributed by atoms with Crippen LogP contribution in [0.5, 0.6) is 11.5 Å². The maximum absolute atomic E-state index is 12.5. The Morgan fingerprint density at radius 1 is 0.444 bits per heavy atom. The second-order valence-corrected chi connectivity index (χ2v) is 28.0. The van der Waals surface area contributed by atoms with Crippen LogP contribution in [0.4, 0.5) is 0 Å². The van der Waals surface area contributed by atoms with Gasteiger partial charge in [0.15, 0.2) is 0 Å². The van der Waals surface area contributed by atoms with Crippen LogP contribution in [0.3, 0.4) is 0 Å². The van der Waals surface area contributed by atoms with E-state index in [0.717, 1.165) is 58.3 Å². The molecule has 379 valence electrons. The predicted octanol–water partition coefficient (Wildman–Crippen LogP) is 13.6. The summed E-state index contributed by atoms with van der Waals surface area (Å²) >= 11 is 0. The summed E-state index contributed by atoms with van der Waals surface area (Å²) in [5.74, 6) is 0.526. The minimum atomic E-state index is -3.01. The van der Waals surface area contributed by atoms with Crippen molar-refractivity contribution in [2.24, 2.45) is 9.98 Å². The van der Waals surface area contributed by atoms with Crippen molar-refractivity contribution in [2.75, 3.05) is 0 Å². The van der Waals surface area contributed by atoms with Crippen molar-refractivity contribution in [1.29, 1.82) is 0 Å². The Morgan fingerprint density at radius 3 is 1.07 bits per heavy atom. The molecule has 7 aromatic carbocycles. The first-order chi connectivity index (χ1) is 32.9. The van der Waals surface area contributed by atoms with Crippen LogP contribution in [0.15, 0.2) is 186 Å². The van der Waals surface area contributed by atoms with E-state index < -0.39 is 19.5 Å². The fourth-order valence-electron chi connectivity index (χ4n) is 9.67. The molecule has 0 heterocycles. The zero-order valence-electron chi connectivity index (χ0n) is 43.3. The molecule has 8 rings (SSSR count). The molecular formula is C64H77CoN3O2P2. The first kappa shape index (κ1) is 57.5. The maximum atomic E-state index is 12.5. The molecule has 2 unspecified atom stereocenters. The number of aliphatic imine (C=N–C) groups is 2. The van der Waals surface area contributed by atoms with Crippen molar-refractivity contribution in [2.45, 2.75) is 124 Å². The molecule has 0 saturated heterocycles. The zero-order chi connectivity index (χ0) is 49.0. The third-order valence-electron chi connectivity index (χ3n) is 13.5. The molecule has 0 bridgehead atoms. The van der Waals surface area contributed by atoms with Crippen LogP contribution in [0.2, 0.25) is 0 Å². The SMILES string of the molecule is C.CC(C)(C)c1cc(C=NC2CCCCC2N=Cc2cc(P(=[N+]=P(c3ccccc3)(c3ccccc3)c3ccccc3)(c3ccccc3)c3ccccc3)cc(C(C)(C)C)c2O)c(O)c(C(C)(C)C)c1.[CH3-].[Co]. The first-order valence-corrected chi connectivity index (χ1v) is 28.0. The summed E-state index contributed by atoms with van der Waals surface area (Å²) in [4.78, 5) is 10.6. The van der Waals surface area contributed by atoms with Crippen LogP contribution in [0.1, 0.15) is 123 Å². The smallest absolute Gasteiger partial charge is 0.301 e. The van der Waals surface area contributed by atoms with Gasteiger partial charge < -0.3 is 17.6 Å². The molecule has 72 heavy (non-hydrogen) atoms. The molecule has 0 amide bonds. The third-order valence-corrected chi connectivity index (χ3v) is 21.9. The maximum Gasteiger partial charge on any atom is 0.301 e. The van der Waals surface area contributed by atoms with Gasteiger partial charge in [-0.3, -0.25) is 9.98 Å². The van der Waals surface area contributed by atoms with E-state index in [4.69, 9.17) is 14.2 Å². The van der Waals surface area contributed by atoms with E-state index in [1.54, 1.807) is 0 Å². The van der Waals surface area contributed by atoms with Crippen molar-refractivity contribution < 1.29 is 27.0 Å². The Balaban J connectivity index is 0.00000321. The van der Waals surface area contributed by atoms with Crippen molar-refractivity contribution in [3.8, 4) is 11.5 Å². The van der Waals surface area contributed by atoms with Gasteiger partial charge in [-0.1, -0.05) is 180 Å². The quantitative estimate of drug-likeness (QED) is 0.0619. The van der Waals surface area contributed by atoms with Crippen LogP contribution in [-0.4, -0.2) is 34.7 Å². The Kier molecular flexibility index (Phi) is 18.8. The van der Waals surface area contributed by atoms with Gasteiger partial charge in [-0.25, -0.2) is 0 Å². The number of benzene rings is 7. The van der Waals surface area contributed by atoms with Crippen LogP contribution in [0.25, 0.3) is 0 Å². The summed E-state index contributed by atoms with van der Waals surface area (Å²) in [6.45, 7) is 19.6. The second-order valence-electron chi connectivity index (χ2n) is 21.7. The average Bonchev–Trinajstić information content (AvgIpc) is 3.34. The van der Waals surface area contributed by atoms with Crippen LogP contribution in [0, 0.1) is 7.43 Å². The van der Waals surface area contributed by atoms with Gasteiger partial charge in [-0.2, -0.15) is 0 Å².